The Hall–Kier alpha value is -1.25. The number of sulfonamides is 1. The van der Waals surface area contributed by atoms with Crippen LogP contribution in [0.4, 0.5) is 0 Å². The lowest BCUT2D eigenvalue weighted by Crippen LogP contribution is -2.28. The molecule has 2 heterocycles. The first-order chi connectivity index (χ1) is 9.44. The maximum atomic E-state index is 12.3. The fraction of sp³-hybridized carbons (Fsp3) is 0.500. The summed E-state index contributed by atoms with van der Waals surface area (Å²) < 4.78 is 29.2. The van der Waals surface area contributed by atoms with Crippen LogP contribution < -0.4 is 4.72 Å². The number of nitrogens with one attached hydrogen (secondary N) is 1. The molecule has 2 rings (SSSR count). The van der Waals surface area contributed by atoms with Gasteiger partial charge < -0.3 is 0 Å². The number of aryl methyl sites for hydroxylation is 2. The number of rotatable bonds is 6. The quantitative estimate of drug-likeness (QED) is 0.886. The Bertz CT molecular complexity index is 675. The molecule has 0 aliphatic rings. The van der Waals surface area contributed by atoms with Gasteiger partial charge in [-0.25, -0.2) is 22.8 Å². The lowest BCUT2D eigenvalue weighted by Gasteiger charge is -2.13. The van der Waals surface area contributed by atoms with Gasteiger partial charge in [-0.05, 0) is 37.3 Å². The molecule has 0 radical (unpaired) electrons. The average molecular weight is 314 g/mol. The van der Waals surface area contributed by atoms with E-state index in [0.717, 1.165) is 18.5 Å². The van der Waals surface area contributed by atoms with Gasteiger partial charge in [-0.2, -0.15) is 5.10 Å². The van der Waals surface area contributed by atoms with E-state index in [4.69, 9.17) is 0 Å². The second-order valence-corrected chi connectivity index (χ2v) is 7.48. The Labute approximate surface area is 122 Å². The van der Waals surface area contributed by atoms with Crippen molar-refractivity contribution in [2.75, 3.05) is 0 Å². The summed E-state index contributed by atoms with van der Waals surface area (Å²) in [6.45, 7) is 6.40. The van der Waals surface area contributed by atoms with Crippen LogP contribution in [0.5, 0.6) is 0 Å². The molecular formula is C12H18N4O2S2. The maximum Gasteiger partial charge on any atom is 0.250 e. The summed E-state index contributed by atoms with van der Waals surface area (Å²) in [5.74, 6) is 0.628. The third kappa shape index (κ3) is 3.25. The minimum atomic E-state index is -3.51. The monoisotopic (exact) mass is 314 g/mol. The second kappa shape index (κ2) is 6.02. The van der Waals surface area contributed by atoms with Crippen LogP contribution in [0.25, 0.3) is 0 Å². The van der Waals surface area contributed by atoms with Crippen LogP contribution in [0.1, 0.15) is 37.7 Å². The highest BCUT2D eigenvalue weighted by molar-refractivity contribution is 7.91. The molecule has 0 aromatic carbocycles. The largest absolute Gasteiger partial charge is 0.250 e. The van der Waals surface area contributed by atoms with Crippen molar-refractivity contribution in [2.45, 2.75) is 44.0 Å². The molecular weight excluding hydrogens is 296 g/mol. The van der Waals surface area contributed by atoms with Gasteiger partial charge in [0, 0.05) is 6.54 Å². The van der Waals surface area contributed by atoms with Crippen LogP contribution >= 0.6 is 11.3 Å². The third-order valence-corrected chi connectivity index (χ3v) is 5.87. The predicted molar refractivity (Wildman–Crippen MR) is 78.1 cm³/mol. The highest BCUT2D eigenvalue weighted by atomic mass is 32.2. The van der Waals surface area contributed by atoms with Crippen molar-refractivity contribution >= 4 is 21.4 Å². The minimum absolute atomic E-state index is 0.323. The van der Waals surface area contributed by atoms with Crippen molar-refractivity contribution in [1.29, 1.82) is 0 Å². The zero-order valence-electron chi connectivity index (χ0n) is 11.7. The van der Waals surface area contributed by atoms with Crippen molar-refractivity contribution in [2.24, 2.45) is 0 Å². The third-order valence-electron chi connectivity index (χ3n) is 2.77. The molecule has 0 aliphatic heterocycles. The van der Waals surface area contributed by atoms with Gasteiger partial charge in [-0.15, -0.1) is 11.3 Å². The molecule has 0 fully saturated rings. The molecule has 1 atom stereocenters. The van der Waals surface area contributed by atoms with E-state index in [1.54, 1.807) is 17.7 Å². The van der Waals surface area contributed by atoms with Crippen LogP contribution in [-0.2, 0) is 16.6 Å². The fourth-order valence-corrected chi connectivity index (χ4v) is 4.33. The van der Waals surface area contributed by atoms with Gasteiger partial charge in [0.25, 0.3) is 10.0 Å². The average Bonchev–Trinajstić information content (AvgIpc) is 2.98. The molecule has 0 bridgehead atoms. The van der Waals surface area contributed by atoms with E-state index in [2.05, 4.69) is 14.8 Å². The van der Waals surface area contributed by atoms with Gasteiger partial charge in [0.2, 0.25) is 0 Å². The van der Waals surface area contributed by atoms with Gasteiger partial charge in [-0.3, -0.25) is 0 Å². The van der Waals surface area contributed by atoms with Crippen LogP contribution in [0, 0.1) is 6.92 Å². The summed E-state index contributed by atoms with van der Waals surface area (Å²) in [5.41, 5.74) is 0.942. The molecule has 1 N–H and O–H groups in total. The molecule has 0 saturated carbocycles. The van der Waals surface area contributed by atoms with Crippen molar-refractivity contribution < 1.29 is 8.42 Å². The molecule has 2 aromatic rings. The molecule has 0 saturated heterocycles. The van der Waals surface area contributed by atoms with Crippen LogP contribution in [0.3, 0.4) is 0 Å². The first-order valence-electron chi connectivity index (χ1n) is 6.39. The summed E-state index contributed by atoms with van der Waals surface area (Å²) >= 11 is 1.22. The smallest absolute Gasteiger partial charge is 0.249 e. The fourth-order valence-electron chi connectivity index (χ4n) is 1.88. The van der Waals surface area contributed by atoms with Gasteiger partial charge in [-0.1, -0.05) is 6.92 Å². The molecule has 1 unspecified atom stereocenters. The standard InChI is InChI=1S/C12H18N4O2S2/c1-4-5-16-12(13-8-14-16)10(3)15-20(17,18)11-6-9(2)7-19-11/h6-8,10,15H,4-5H2,1-3H3. The van der Waals surface area contributed by atoms with E-state index in [1.807, 2.05) is 19.2 Å². The van der Waals surface area contributed by atoms with E-state index in [9.17, 15) is 8.42 Å². The van der Waals surface area contributed by atoms with E-state index >= 15 is 0 Å². The summed E-state index contributed by atoms with van der Waals surface area (Å²) in [6.07, 6.45) is 2.37. The molecule has 6 nitrogen and oxygen atoms in total. The minimum Gasteiger partial charge on any atom is -0.249 e. The Balaban J connectivity index is 2.18. The molecule has 2 aromatic heterocycles. The van der Waals surface area contributed by atoms with E-state index in [-0.39, 0.29) is 0 Å². The molecule has 0 aliphatic carbocycles. The summed E-state index contributed by atoms with van der Waals surface area (Å²) in [5, 5.41) is 5.93. The maximum absolute atomic E-state index is 12.3. The second-order valence-electron chi connectivity index (χ2n) is 4.63. The van der Waals surface area contributed by atoms with Crippen molar-refractivity contribution in [3.63, 3.8) is 0 Å². The first kappa shape index (κ1) is 15.1. The normalized spacial score (nSPS) is 13.6. The highest BCUT2D eigenvalue weighted by Gasteiger charge is 2.22. The number of hydrogen-bond acceptors (Lipinski definition) is 5. The zero-order chi connectivity index (χ0) is 14.8. The SMILES string of the molecule is CCCn1ncnc1C(C)NS(=O)(=O)c1cc(C)cs1. The highest BCUT2D eigenvalue weighted by Crippen LogP contribution is 2.21. The first-order valence-corrected chi connectivity index (χ1v) is 8.75. The summed E-state index contributed by atoms with van der Waals surface area (Å²) in [4.78, 5) is 4.15. The number of aromatic nitrogens is 3. The van der Waals surface area contributed by atoms with Gasteiger partial charge in [0.05, 0.1) is 6.04 Å². The van der Waals surface area contributed by atoms with Crippen molar-refractivity contribution in [3.05, 3.63) is 29.2 Å². The molecule has 110 valence electrons. The molecule has 0 spiro atoms. The Morgan fingerprint density at radius 1 is 1.50 bits per heavy atom. The lowest BCUT2D eigenvalue weighted by molar-refractivity contribution is 0.516. The number of hydrogen-bond donors (Lipinski definition) is 1. The summed E-state index contributed by atoms with van der Waals surface area (Å²) in [7, 11) is -3.51. The van der Waals surface area contributed by atoms with Crippen molar-refractivity contribution in [3.8, 4) is 0 Å². The molecule has 8 heteroatoms. The van der Waals surface area contributed by atoms with Crippen molar-refractivity contribution in [1.82, 2.24) is 19.5 Å². The van der Waals surface area contributed by atoms with Gasteiger partial charge in [0.15, 0.2) is 0 Å². The lowest BCUT2D eigenvalue weighted by atomic mass is 10.3. The summed E-state index contributed by atoms with van der Waals surface area (Å²) in [6, 6.07) is 1.24. The predicted octanol–water partition coefficient (Wildman–Crippen LogP) is 2.10. The Kier molecular flexibility index (Phi) is 4.56. The van der Waals surface area contributed by atoms with Crippen LogP contribution in [0.2, 0.25) is 0 Å². The van der Waals surface area contributed by atoms with Gasteiger partial charge in [0.1, 0.15) is 16.4 Å². The van der Waals surface area contributed by atoms with Crippen LogP contribution in [-0.4, -0.2) is 23.2 Å². The Morgan fingerprint density at radius 3 is 2.85 bits per heavy atom. The zero-order valence-corrected chi connectivity index (χ0v) is 13.3. The van der Waals surface area contributed by atoms with E-state index in [0.29, 0.717) is 10.0 Å². The van der Waals surface area contributed by atoms with Gasteiger partial charge >= 0.3 is 0 Å². The van der Waals surface area contributed by atoms with E-state index < -0.39 is 16.1 Å². The molecule has 20 heavy (non-hydrogen) atoms. The topological polar surface area (TPSA) is 76.9 Å². The Morgan fingerprint density at radius 2 is 2.25 bits per heavy atom. The molecule has 0 amide bonds. The van der Waals surface area contributed by atoms with E-state index in [1.165, 1.54) is 17.7 Å². The number of nitrogens with zero attached hydrogens (tertiary/aromatic N) is 3. The van der Waals surface area contributed by atoms with Crippen LogP contribution in [0.15, 0.2) is 22.0 Å². The number of thiophene rings is 1.